The van der Waals surface area contributed by atoms with Gasteiger partial charge < -0.3 is 9.64 Å². The van der Waals surface area contributed by atoms with E-state index in [0.29, 0.717) is 11.6 Å². The van der Waals surface area contributed by atoms with E-state index in [0.717, 1.165) is 43.9 Å². The van der Waals surface area contributed by atoms with Crippen LogP contribution in [0, 0.1) is 0 Å². The Morgan fingerprint density at radius 2 is 2.50 bits per heavy atom. The van der Waals surface area contributed by atoms with Crippen LogP contribution < -0.4 is 0 Å². The van der Waals surface area contributed by atoms with Crippen molar-refractivity contribution in [3.05, 3.63) is 18.0 Å². The molecule has 0 N–H and O–H groups in total. The van der Waals surface area contributed by atoms with E-state index >= 15 is 0 Å². The number of aryl methyl sites for hydroxylation is 1. The lowest BCUT2D eigenvalue weighted by atomic mass is 10.1. The first-order valence-electron chi connectivity index (χ1n) is 7.23. The Kier molecular flexibility index (Phi) is 4.31. The van der Waals surface area contributed by atoms with E-state index < -0.39 is 0 Å². The van der Waals surface area contributed by atoms with Crippen molar-refractivity contribution in [3.8, 4) is 0 Å². The molecule has 2 atom stereocenters. The van der Waals surface area contributed by atoms with Crippen LogP contribution in [-0.2, 0) is 11.8 Å². The second kappa shape index (κ2) is 6.18. The molecule has 5 nitrogen and oxygen atoms in total. The Balaban J connectivity index is 1.74. The summed E-state index contributed by atoms with van der Waals surface area (Å²) >= 11 is 1.93. The fraction of sp³-hybridized carbons (Fsp3) is 0.714. The van der Waals surface area contributed by atoms with E-state index in [1.165, 1.54) is 0 Å². The zero-order valence-corrected chi connectivity index (χ0v) is 12.6. The third-order valence-electron chi connectivity index (χ3n) is 3.98. The van der Waals surface area contributed by atoms with Gasteiger partial charge in [0.15, 0.2) is 0 Å². The van der Waals surface area contributed by atoms with E-state index in [1.807, 2.05) is 23.7 Å². The van der Waals surface area contributed by atoms with Gasteiger partial charge in [-0.1, -0.05) is 0 Å². The van der Waals surface area contributed by atoms with Gasteiger partial charge in [0, 0.05) is 38.2 Å². The van der Waals surface area contributed by atoms with Crippen molar-refractivity contribution >= 4 is 17.7 Å². The largest absolute Gasteiger partial charge is 0.376 e. The zero-order valence-electron chi connectivity index (χ0n) is 11.8. The maximum Gasteiger partial charge on any atom is 0.257 e. The molecule has 110 valence electrons. The number of carbonyl (C=O) groups is 1. The molecule has 1 amide bonds. The van der Waals surface area contributed by atoms with Crippen molar-refractivity contribution in [3.63, 3.8) is 0 Å². The molecule has 6 heteroatoms. The third kappa shape index (κ3) is 3.01. The number of hydrogen-bond donors (Lipinski definition) is 0. The summed E-state index contributed by atoms with van der Waals surface area (Å²) in [5.74, 6) is 2.28. The first-order valence-corrected chi connectivity index (χ1v) is 8.38. The quantitative estimate of drug-likeness (QED) is 0.845. The number of nitrogens with zero attached hydrogens (tertiary/aromatic N) is 3. The topological polar surface area (TPSA) is 47.4 Å². The van der Waals surface area contributed by atoms with Gasteiger partial charge in [-0.3, -0.25) is 9.48 Å². The van der Waals surface area contributed by atoms with Crippen molar-refractivity contribution in [2.75, 3.05) is 24.7 Å². The summed E-state index contributed by atoms with van der Waals surface area (Å²) in [6, 6.07) is 0.344. The summed E-state index contributed by atoms with van der Waals surface area (Å²) in [5.41, 5.74) is 0.683. The van der Waals surface area contributed by atoms with E-state index in [9.17, 15) is 4.79 Å². The number of rotatable bonds is 4. The van der Waals surface area contributed by atoms with Crippen molar-refractivity contribution in [2.45, 2.75) is 31.4 Å². The average molecular weight is 295 g/mol. The fourth-order valence-electron chi connectivity index (χ4n) is 2.87. The normalized spacial score (nSPS) is 26.1. The van der Waals surface area contributed by atoms with E-state index in [1.54, 1.807) is 17.1 Å². The minimum Gasteiger partial charge on any atom is -0.376 e. The highest BCUT2D eigenvalue weighted by Gasteiger charge is 2.31. The molecule has 3 heterocycles. The lowest BCUT2D eigenvalue weighted by Crippen LogP contribution is -2.44. The molecule has 2 aliphatic rings. The van der Waals surface area contributed by atoms with Crippen LogP contribution in [0.25, 0.3) is 0 Å². The van der Waals surface area contributed by atoms with Gasteiger partial charge in [-0.15, -0.1) is 0 Å². The van der Waals surface area contributed by atoms with Crippen LogP contribution in [0.5, 0.6) is 0 Å². The van der Waals surface area contributed by atoms with Crippen LogP contribution in [0.15, 0.2) is 12.4 Å². The van der Waals surface area contributed by atoms with E-state index in [-0.39, 0.29) is 12.0 Å². The molecule has 0 saturated carbocycles. The summed E-state index contributed by atoms with van der Waals surface area (Å²) in [6.07, 6.45) is 6.93. The molecule has 2 saturated heterocycles. The molecule has 1 aromatic rings. The zero-order chi connectivity index (χ0) is 13.9. The predicted molar refractivity (Wildman–Crippen MR) is 78.9 cm³/mol. The SMILES string of the molecule is Cn1cc(C(=O)N(C[C@H]2CCCO2)[C@H]2CCSC2)cn1. The molecule has 0 bridgehead atoms. The fourth-order valence-corrected chi connectivity index (χ4v) is 4.09. The second-order valence-corrected chi connectivity index (χ2v) is 6.66. The van der Waals surface area contributed by atoms with Gasteiger partial charge in [-0.25, -0.2) is 0 Å². The summed E-state index contributed by atoms with van der Waals surface area (Å²) in [6.45, 7) is 1.55. The van der Waals surface area contributed by atoms with E-state index in [2.05, 4.69) is 5.10 Å². The van der Waals surface area contributed by atoms with Gasteiger partial charge in [0.1, 0.15) is 0 Å². The maximum absolute atomic E-state index is 12.7. The Hall–Kier alpha value is -1.01. The van der Waals surface area contributed by atoms with Crippen molar-refractivity contribution in [2.24, 2.45) is 7.05 Å². The standard InChI is InChI=1S/C14H21N3O2S/c1-16-8-11(7-15-16)14(18)17(12-4-6-20-10-12)9-13-3-2-5-19-13/h7-8,12-13H,2-6,9-10H2,1H3/t12-,13+/m0/s1. The summed E-state index contributed by atoms with van der Waals surface area (Å²) in [4.78, 5) is 14.8. The van der Waals surface area contributed by atoms with Gasteiger partial charge in [0.25, 0.3) is 5.91 Å². The first-order chi connectivity index (χ1) is 9.74. The minimum atomic E-state index is 0.0982. The number of amides is 1. The molecule has 20 heavy (non-hydrogen) atoms. The third-order valence-corrected chi connectivity index (χ3v) is 5.13. The predicted octanol–water partition coefficient (Wildman–Crippen LogP) is 1.55. The van der Waals surface area contributed by atoms with Crippen LogP contribution in [-0.4, -0.2) is 57.4 Å². The molecule has 1 aromatic heterocycles. The van der Waals surface area contributed by atoms with Crippen molar-refractivity contribution in [1.82, 2.24) is 14.7 Å². The second-order valence-electron chi connectivity index (χ2n) is 5.51. The lowest BCUT2D eigenvalue weighted by Gasteiger charge is -2.30. The van der Waals surface area contributed by atoms with Crippen LogP contribution in [0.4, 0.5) is 0 Å². The molecule has 0 aromatic carbocycles. The first kappa shape index (κ1) is 13.9. The van der Waals surface area contributed by atoms with Gasteiger partial charge in [-0.05, 0) is 25.0 Å². The number of carbonyl (C=O) groups excluding carboxylic acids is 1. The van der Waals surface area contributed by atoms with E-state index in [4.69, 9.17) is 4.74 Å². The molecule has 2 fully saturated rings. The molecule has 0 aliphatic carbocycles. The number of aromatic nitrogens is 2. The Morgan fingerprint density at radius 1 is 1.60 bits per heavy atom. The van der Waals surface area contributed by atoms with Gasteiger partial charge in [0.2, 0.25) is 0 Å². The number of hydrogen-bond acceptors (Lipinski definition) is 4. The summed E-state index contributed by atoms with van der Waals surface area (Å²) in [5, 5.41) is 4.11. The highest BCUT2D eigenvalue weighted by Crippen LogP contribution is 2.25. The van der Waals surface area contributed by atoms with Crippen molar-refractivity contribution < 1.29 is 9.53 Å². The van der Waals surface area contributed by atoms with Crippen LogP contribution >= 0.6 is 11.8 Å². The maximum atomic E-state index is 12.7. The molecule has 0 unspecified atom stereocenters. The summed E-state index contributed by atoms with van der Waals surface area (Å²) in [7, 11) is 1.84. The Morgan fingerprint density at radius 3 is 3.10 bits per heavy atom. The molecular weight excluding hydrogens is 274 g/mol. The van der Waals surface area contributed by atoms with Crippen LogP contribution in [0.2, 0.25) is 0 Å². The number of ether oxygens (including phenoxy) is 1. The van der Waals surface area contributed by atoms with Gasteiger partial charge in [0.05, 0.1) is 17.9 Å². The lowest BCUT2D eigenvalue weighted by molar-refractivity contribution is 0.0441. The average Bonchev–Trinajstić information content (AvgIpc) is 3.17. The van der Waals surface area contributed by atoms with Crippen molar-refractivity contribution in [1.29, 1.82) is 0 Å². The molecule has 2 aliphatic heterocycles. The van der Waals surface area contributed by atoms with Gasteiger partial charge >= 0.3 is 0 Å². The smallest absolute Gasteiger partial charge is 0.257 e. The highest BCUT2D eigenvalue weighted by atomic mass is 32.2. The summed E-state index contributed by atoms with van der Waals surface area (Å²) < 4.78 is 7.39. The highest BCUT2D eigenvalue weighted by molar-refractivity contribution is 7.99. The molecule has 3 rings (SSSR count). The number of thioether (sulfide) groups is 1. The molecule has 0 spiro atoms. The van der Waals surface area contributed by atoms with Gasteiger partial charge in [-0.2, -0.15) is 16.9 Å². The molecular formula is C14H21N3O2S. The Labute approximate surface area is 123 Å². The Bertz CT molecular complexity index is 465. The monoisotopic (exact) mass is 295 g/mol. The molecule has 0 radical (unpaired) electrons. The van der Waals surface area contributed by atoms with Crippen LogP contribution in [0.3, 0.4) is 0 Å². The minimum absolute atomic E-state index is 0.0982. The van der Waals surface area contributed by atoms with Crippen LogP contribution in [0.1, 0.15) is 29.6 Å².